The van der Waals surface area contributed by atoms with E-state index in [-0.39, 0.29) is 23.2 Å². The third-order valence-corrected chi connectivity index (χ3v) is 5.66. The Hall–Kier alpha value is -2.56. The zero-order valence-electron chi connectivity index (χ0n) is 16.5. The first-order valence-electron chi connectivity index (χ1n) is 9.01. The van der Waals surface area contributed by atoms with Gasteiger partial charge in [0, 0.05) is 5.69 Å². The van der Waals surface area contributed by atoms with Crippen LogP contribution in [0, 0.1) is 13.8 Å². The summed E-state index contributed by atoms with van der Waals surface area (Å²) in [5.74, 6) is -1.05. The van der Waals surface area contributed by atoms with E-state index in [0.29, 0.717) is 20.3 Å². The van der Waals surface area contributed by atoms with E-state index in [4.69, 9.17) is 17.0 Å². The first-order valence-corrected chi connectivity index (χ1v) is 11.0. The number of anilines is 1. The molecular weight excluding hydrogens is 550 g/mol. The van der Waals surface area contributed by atoms with Gasteiger partial charge in [-0.25, -0.2) is 0 Å². The minimum atomic E-state index is -0.579. The van der Waals surface area contributed by atoms with Crippen LogP contribution in [0.1, 0.15) is 16.7 Å². The minimum Gasteiger partial charge on any atom is -0.481 e. The number of amides is 3. The maximum Gasteiger partial charge on any atom is 0.263 e. The Morgan fingerprint density at radius 3 is 2.29 bits per heavy atom. The van der Waals surface area contributed by atoms with Crippen molar-refractivity contribution in [2.45, 2.75) is 13.8 Å². The van der Waals surface area contributed by atoms with E-state index in [0.717, 1.165) is 16.8 Å². The van der Waals surface area contributed by atoms with Crippen LogP contribution in [-0.2, 0) is 14.4 Å². The van der Waals surface area contributed by atoms with Crippen molar-refractivity contribution in [2.24, 2.45) is 0 Å². The molecule has 3 amide bonds. The number of halogens is 2. The van der Waals surface area contributed by atoms with Crippen LogP contribution in [0.3, 0.4) is 0 Å². The zero-order chi connectivity index (χ0) is 22.7. The van der Waals surface area contributed by atoms with E-state index in [1.165, 1.54) is 6.08 Å². The fraction of sp³-hybridized carbons (Fsp3) is 0.143. The Balaban J connectivity index is 1.71. The maximum atomic E-state index is 12.3. The molecule has 0 atom stereocenters. The molecule has 1 saturated heterocycles. The number of thiocarbonyl (C=S) groups is 1. The number of carbonyl (C=O) groups is 3. The van der Waals surface area contributed by atoms with Crippen LogP contribution in [-0.4, -0.2) is 29.4 Å². The minimum absolute atomic E-state index is 0.0302. The lowest BCUT2D eigenvalue weighted by atomic mass is 10.1. The molecule has 7 nitrogen and oxygen atoms in total. The second-order valence-electron chi connectivity index (χ2n) is 6.76. The number of rotatable bonds is 5. The van der Waals surface area contributed by atoms with Gasteiger partial charge in [0.15, 0.2) is 11.7 Å². The van der Waals surface area contributed by atoms with Crippen LogP contribution >= 0.6 is 44.1 Å². The van der Waals surface area contributed by atoms with Crippen molar-refractivity contribution in [1.82, 2.24) is 10.6 Å². The fourth-order valence-corrected chi connectivity index (χ4v) is 4.49. The number of aryl methyl sites for hydroxylation is 2. The number of nitrogens with one attached hydrogen (secondary N) is 3. The van der Waals surface area contributed by atoms with Crippen LogP contribution in [0.25, 0.3) is 6.08 Å². The molecule has 1 heterocycles. The Kier molecular flexibility index (Phi) is 7.24. The molecule has 0 spiro atoms. The number of ether oxygens (including phenoxy) is 1. The van der Waals surface area contributed by atoms with Crippen molar-refractivity contribution in [3.05, 3.63) is 61.5 Å². The van der Waals surface area contributed by atoms with Crippen LogP contribution < -0.4 is 20.7 Å². The van der Waals surface area contributed by atoms with Gasteiger partial charge in [0.05, 0.1) is 8.95 Å². The molecule has 0 radical (unpaired) electrons. The lowest BCUT2D eigenvalue weighted by Gasteiger charge is -2.16. The third-order valence-electron chi connectivity index (χ3n) is 4.28. The van der Waals surface area contributed by atoms with E-state index in [1.54, 1.807) is 12.1 Å². The summed E-state index contributed by atoms with van der Waals surface area (Å²) in [5, 5.41) is 7.55. The molecule has 0 aliphatic carbocycles. The summed E-state index contributed by atoms with van der Waals surface area (Å²) in [6.07, 6.45) is 1.43. The summed E-state index contributed by atoms with van der Waals surface area (Å²) in [5.41, 5.74) is 3.29. The van der Waals surface area contributed by atoms with Crippen molar-refractivity contribution >= 4 is 78.7 Å². The van der Waals surface area contributed by atoms with Gasteiger partial charge in [-0.3, -0.25) is 25.0 Å². The second kappa shape index (κ2) is 9.71. The molecule has 0 saturated carbocycles. The third kappa shape index (κ3) is 5.78. The van der Waals surface area contributed by atoms with Crippen molar-refractivity contribution in [3.63, 3.8) is 0 Å². The zero-order valence-corrected chi connectivity index (χ0v) is 20.5. The Labute approximate surface area is 200 Å². The molecule has 31 heavy (non-hydrogen) atoms. The molecule has 3 rings (SSSR count). The van der Waals surface area contributed by atoms with Crippen LogP contribution in [0.4, 0.5) is 5.69 Å². The highest BCUT2D eigenvalue weighted by atomic mass is 79.9. The molecule has 1 aliphatic heterocycles. The molecule has 2 aromatic carbocycles. The van der Waals surface area contributed by atoms with Gasteiger partial charge >= 0.3 is 0 Å². The van der Waals surface area contributed by atoms with E-state index in [1.807, 2.05) is 32.0 Å². The van der Waals surface area contributed by atoms with Gasteiger partial charge in [-0.05, 0) is 93.3 Å². The van der Waals surface area contributed by atoms with Gasteiger partial charge in [-0.2, -0.15) is 0 Å². The van der Waals surface area contributed by atoms with E-state index < -0.39 is 11.8 Å². The van der Waals surface area contributed by atoms with Gasteiger partial charge in [0.2, 0.25) is 0 Å². The lowest BCUT2D eigenvalue weighted by Crippen LogP contribution is -2.51. The van der Waals surface area contributed by atoms with Crippen LogP contribution in [0.5, 0.6) is 5.75 Å². The molecule has 10 heteroatoms. The molecule has 0 bridgehead atoms. The van der Waals surface area contributed by atoms with Gasteiger partial charge < -0.3 is 10.1 Å². The highest BCUT2D eigenvalue weighted by Crippen LogP contribution is 2.35. The van der Waals surface area contributed by atoms with Gasteiger partial charge in [0.25, 0.3) is 17.7 Å². The number of hydrogen-bond acceptors (Lipinski definition) is 5. The Morgan fingerprint density at radius 1 is 1.10 bits per heavy atom. The summed E-state index contributed by atoms with van der Waals surface area (Å²) < 4.78 is 6.75. The van der Waals surface area contributed by atoms with Gasteiger partial charge in [0.1, 0.15) is 11.3 Å². The largest absolute Gasteiger partial charge is 0.481 e. The topological polar surface area (TPSA) is 96.5 Å². The van der Waals surface area contributed by atoms with Crippen LogP contribution in [0.15, 0.2) is 44.9 Å². The molecule has 1 fully saturated rings. The molecule has 160 valence electrons. The van der Waals surface area contributed by atoms with Gasteiger partial charge in [-0.1, -0.05) is 17.7 Å². The van der Waals surface area contributed by atoms with Crippen molar-refractivity contribution in [2.75, 3.05) is 11.9 Å². The molecule has 3 N–H and O–H groups in total. The van der Waals surface area contributed by atoms with Crippen molar-refractivity contribution < 1.29 is 19.1 Å². The predicted molar refractivity (Wildman–Crippen MR) is 129 cm³/mol. The normalized spacial score (nSPS) is 13.4. The van der Waals surface area contributed by atoms with Crippen LogP contribution in [0.2, 0.25) is 0 Å². The average molecular weight is 567 g/mol. The maximum absolute atomic E-state index is 12.3. The average Bonchev–Trinajstić information content (AvgIpc) is 2.66. The monoisotopic (exact) mass is 565 g/mol. The lowest BCUT2D eigenvalue weighted by molar-refractivity contribution is -0.123. The quantitative estimate of drug-likeness (QED) is 0.291. The first-order chi connectivity index (χ1) is 14.6. The van der Waals surface area contributed by atoms with Crippen molar-refractivity contribution in [3.8, 4) is 5.75 Å². The van der Waals surface area contributed by atoms with E-state index >= 15 is 0 Å². The van der Waals surface area contributed by atoms with Gasteiger partial charge in [-0.15, -0.1) is 0 Å². The Bertz CT molecular complexity index is 1100. The number of benzene rings is 2. The molecule has 2 aromatic rings. The first kappa shape index (κ1) is 23.1. The molecule has 0 unspecified atom stereocenters. The number of hydrogen-bond donors (Lipinski definition) is 3. The van der Waals surface area contributed by atoms with Crippen molar-refractivity contribution in [1.29, 1.82) is 0 Å². The second-order valence-corrected chi connectivity index (χ2v) is 8.88. The summed E-state index contributed by atoms with van der Waals surface area (Å²) in [4.78, 5) is 36.3. The highest BCUT2D eigenvalue weighted by Gasteiger charge is 2.25. The smallest absolute Gasteiger partial charge is 0.263 e. The Morgan fingerprint density at radius 2 is 1.71 bits per heavy atom. The molecule has 0 aromatic heterocycles. The summed E-state index contributed by atoms with van der Waals surface area (Å²) in [7, 11) is 0. The summed E-state index contributed by atoms with van der Waals surface area (Å²) >= 11 is 11.6. The fourth-order valence-electron chi connectivity index (χ4n) is 2.85. The summed E-state index contributed by atoms with van der Waals surface area (Å²) in [6, 6.07) is 9.09. The van der Waals surface area contributed by atoms with E-state index in [9.17, 15) is 14.4 Å². The summed E-state index contributed by atoms with van der Waals surface area (Å²) in [6.45, 7) is 3.70. The molecule has 1 aliphatic rings. The molecular formula is C21H17Br2N3O4S. The number of carbonyl (C=O) groups excluding carboxylic acids is 3. The SMILES string of the molecule is Cc1ccc(NC(=O)COc2c(Br)cc(C=C3C(=O)NC(=S)NC3=O)cc2Br)c(C)c1. The highest BCUT2D eigenvalue weighted by molar-refractivity contribution is 9.11. The standard InChI is InChI=1S/C21H17Br2N3O4S/c1-10-3-4-16(11(2)5-10)24-17(27)9-30-18-14(22)7-12(8-15(18)23)6-13-19(28)25-21(31)26-20(13)29/h3-8H,9H2,1-2H3,(H,24,27)(H2,25,26,28,29,31). The predicted octanol–water partition coefficient (Wildman–Crippen LogP) is 3.76. The van der Waals surface area contributed by atoms with E-state index in [2.05, 4.69) is 47.8 Å².